The molecule has 1 atom stereocenters. The number of thioether (sulfide) groups is 1. The Morgan fingerprint density at radius 2 is 2.06 bits per heavy atom. The maximum atomic E-state index is 12.0. The molecule has 3 fully saturated rings. The van der Waals surface area contributed by atoms with Crippen LogP contribution in [0.5, 0.6) is 0 Å². The fourth-order valence-corrected chi connectivity index (χ4v) is 3.44. The second-order valence-corrected chi connectivity index (χ2v) is 6.12. The van der Waals surface area contributed by atoms with Crippen molar-refractivity contribution in [1.29, 1.82) is 0 Å². The Bertz CT molecular complexity index is 326. The third kappa shape index (κ3) is 1.86. The van der Waals surface area contributed by atoms with E-state index in [1.807, 2.05) is 0 Å². The van der Waals surface area contributed by atoms with E-state index in [0.717, 1.165) is 31.7 Å². The first-order valence-electron chi connectivity index (χ1n) is 5.94. The first-order chi connectivity index (χ1) is 7.75. The second kappa shape index (κ2) is 4.04. The summed E-state index contributed by atoms with van der Waals surface area (Å²) >= 11 is 1.68. The van der Waals surface area contributed by atoms with Crippen LogP contribution >= 0.6 is 11.8 Å². The van der Waals surface area contributed by atoms with E-state index < -0.39 is 0 Å². The van der Waals surface area contributed by atoms with Gasteiger partial charge in [-0.15, -0.1) is 11.8 Å². The fraction of sp³-hybridized carbons (Fsp3) is 0.818. The van der Waals surface area contributed by atoms with E-state index in [4.69, 9.17) is 0 Å². The summed E-state index contributed by atoms with van der Waals surface area (Å²) in [5.41, 5.74) is 0. The predicted octanol–water partition coefficient (Wildman–Crippen LogP) is 0.229. The Balaban J connectivity index is 1.55. The maximum Gasteiger partial charge on any atom is 0.243 e. The third-order valence-electron chi connectivity index (χ3n) is 3.45. The van der Waals surface area contributed by atoms with Crippen LogP contribution in [0.3, 0.4) is 0 Å². The van der Waals surface area contributed by atoms with Gasteiger partial charge in [-0.05, 0) is 37.6 Å². The molecule has 5 heteroatoms. The van der Waals surface area contributed by atoms with Crippen molar-refractivity contribution in [3.63, 3.8) is 0 Å². The summed E-state index contributed by atoms with van der Waals surface area (Å²) in [6.45, 7) is 2.13. The van der Waals surface area contributed by atoms with E-state index in [-0.39, 0.29) is 23.1 Å². The van der Waals surface area contributed by atoms with E-state index in [0.29, 0.717) is 12.3 Å². The number of amides is 2. The van der Waals surface area contributed by atoms with Gasteiger partial charge in [-0.2, -0.15) is 0 Å². The van der Waals surface area contributed by atoms with Gasteiger partial charge in [0, 0.05) is 12.5 Å². The number of carbonyl (C=O) groups is 2. The zero-order chi connectivity index (χ0) is 11.1. The van der Waals surface area contributed by atoms with Crippen LogP contribution in [-0.2, 0) is 9.59 Å². The van der Waals surface area contributed by atoms with Gasteiger partial charge in [0.15, 0.2) is 0 Å². The van der Waals surface area contributed by atoms with Gasteiger partial charge in [-0.3, -0.25) is 14.5 Å². The summed E-state index contributed by atoms with van der Waals surface area (Å²) in [5.74, 6) is 1.83. The lowest BCUT2D eigenvalue weighted by Gasteiger charge is -2.27. The zero-order valence-electron chi connectivity index (χ0n) is 9.15. The summed E-state index contributed by atoms with van der Waals surface area (Å²) in [6.07, 6.45) is 2.46. The molecule has 1 unspecified atom stereocenters. The molecule has 3 rings (SSSR count). The van der Waals surface area contributed by atoms with Crippen molar-refractivity contribution in [2.24, 2.45) is 5.92 Å². The highest BCUT2D eigenvalue weighted by Crippen LogP contribution is 2.35. The molecule has 0 radical (unpaired) electrons. The quantitative estimate of drug-likeness (QED) is 0.715. The van der Waals surface area contributed by atoms with Crippen LogP contribution in [-0.4, -0.2) is 46.8 Å². The van der Waals surface area contributed by atoms with Crippen LogP contribution in [0.15, 0.2) is 0 Å². The first-order valence-corrected chi connectivity index (χ1v) is 6.99. The molecule has 0 aromatic heterocycles. The average Bonchev–Trinajstić information content (AvgIpc) is 2.94. The number of nitrogens with one attached hydrogen (secondary N) is 1. The number of nitrogens with zero attached hydrogens (tertiary/aromatic N) is 1. The van der Waals surface area contributed by atoms with E-state index in [1.54, 1.807) is 11.8 Å². The minimum absolute atomic E-state index is 0.0525. The summed E-state index contributed by atoms with van der Waals surface area (Å²) in [4.78, 5) is 25.2. The van der Waals surface area contributed by atoms with Crippen LogP contribution in [0.2, 0.25) is 0 Å². The van der Waals surface area contributed by atoms with Crippen molar-refractivity contribution in [2.75, 3.05) is 18.8 Å². The van der Waals surface area contributed by atoms with Gasteiger partial charge < -0.3 is 5.32 Å². The van der Waals surface area contributed by atoms with Crippen LogP contribution in [0.4, 0.5) is 0 Å². The smallest absolute Gasteiger partial charge is 0.243 e. The van der Waals surface area contributed by atoms with Gasteiger partial charge in [0.05, 0.1) is 5.25 Å². The zero-order valence-corrected chi connectivity index (χ0v) is 9.96. The molecule has 0 spiro atoms. The van der Waals surface area contributed by atoms with Crippen LogP contribution in [0, 0.1) is 5.92 Å². The van der Waals surface area contributed by atoms with Gasteiger partial charge in [-0.25, -0.2) is 0 Å². The first kappa shape index (κ1) is 10.6. The molecule has 3 aliphatic rings. The van der Waals surface area contributed by atoms with E-state index in [2.05, 4.69) is 5.32 Å². The molecule has 4 nitrogen and oxygen atoms in total. The molecular formula is C11H16N2O2S. The summed E-state index contributed by atoms with van der Waals surface area (Å²) in [7, 11) is 0. The van der Waals surface area contributed by atoms with Crippen LogP contribution in [0.1, 0.15) is 19.3 Å². The van der Waals surface area contributed by atoms with Crippen molar-refractivity contribution < 1.29 is 9.59 Å². The highest BCUT2D eigenvalue weighted by atomic mass is 32.2. The molecule has 16 heavy (non-hydrogen) atoms. The number of likely N-dealkylation sites (tertiary alicyclic amines) is 1. The monoisotopic (exact) mass is 240 g/mol. The van der Waals surface area contributed by atoms with Gasteiger partial charge in [-0.1, -0.05) is 0 Å². The molecule has 2 amide bonds. The highest BCUT2D eigenvalue weighted by molar-refractivity contribution is 8.00. The molecule has 88 valence electrons. The number of hydrogen-bond acceptors (Lipinski definition) is 4. The largest absolute Gasteiger partial charge is 0.316 e. The average molecular weight is 240 g/mol. The fourth-order valence-electron chi connectivity index (χ4n) is 2.19. The van der Waals surface area contributed by atoms with Gasteiger partial charge in [0.1, 0.15) is 0 Å². The topological polar surface area (TPSA) is 49.4 Å². The number of imide groups is 1. The number of hydrogen-bond donors (Lipinski definition) is 1. The predicted molar refractivity (Wildman–Crippen MR) is 62.1 cm³/mol. The summed E-state index contributed by atoms with van der Waals surface area (Å²) in [5, 5.41) is 3.13. The molecule has 2 heterocycles. The van der Waals surface area contributed by atoms with Gasteiger partial charge >= 0.3 is 0 Å². The van der Waals surface area contributed by atoms with Crippen LogP contribution in [0.25, 0.3) is 0 Å². The van der Waals surface area contributed by atoms with E-state index in [1.165, 1.54) is 4.90 Å². The molecule has 1 saturated carbocycles. The summed E-state index contributed by atoms with van der Waals surface area (Å²) in [6, 6.07) is 0.246. The molecule has 2 aliphatic heterocycles. The number of rotatable bonds is 4. The minimum atomic E-state index is -0.0892. The lowest BCUT2D eigenvalue weighted by Crippen LogP contribution is -2.43. The van der Waals surface area contributed by atoms with Gasteiger partial charge in [0.2, 0.25) is 11.8 Å². The Kier molecular flexibility index (Phi) is 2.67. The van der Waals surface area contributed by atoms with Crippen molar-refractivity contribution >= 4 is 23.6 Å². The Morgan fingerprint density at radius 1 is 1.31 bits per heavy atom. The molecule has 0 bridgehead atoms. The summed E-state index contributed by atoms with van der Waals surface area (Å²) < 4.78 is 0. The number of carbonyl (C=O) groups excluding carboxylic acids is 2. The van der Waals surface area contributed by atoms with Crippen molar-refractivity contribution in [3.8, 4) is 0 Å². The molecule has 2 saturated heterocycles. The second-order valence-electron chi connectivity index (χ2n) is 4.88. The Labute approximate surface area is 99.1 Å². The van der Waals surface area contributed by atoms with Crippen LogP contribution < -0.4 is 5.32 Å². The van der Waals surface area contributed by atoms with E-state index >= 15 is 0 Å². The Hall–Kier alpha value is -0.550. The minimum Gasteiger partial charge on any atom is -0.316 e. The standard InChI is InChI=1S/C11H16N2O2S/c14-10-3-9(16-6-7-4-12-5-7)11(15)13(10)8-1-2-8/h7-9,12H,1-6H2. The maximum absolute atomic E-state index is 12.0. The van der Waals surface area contributed by atoms with Gasteiger partial charge in [0.25, 0.3) is 0 Å². The molecule has 0 aromatic carbocycles. The van der Waals surface area contributed by atoms with Crippen molar-refractivity contribution in [2.45, 2.75) is 30.6 Å². The van der Waals surface area contributed by atoms with E-state index in [9.17, 15) is 9.59 Å². The normalized spacial score (nSPS) is 31.0. The third-order valence-corrected chi connectivity index (χ3v) is 4.89. The molecule has 1 N–H and O–H groups in total. The lowest BCUT2D eigenvalue weighted by molar-refractivity contribution is -0.138. The highest BCUT2D eigenvalue weighted by Gasteiger charge is 2.46. The lowest BCUT2D eigenvalue weighted by atomic mass is 10.1. The van der Waals surface area contributed by atoms with Crippen molar-refractivity contribution in [1.82, 2.24) is 10.2 Å². The van der Waals surface area contributed by atoms with Crippen molar-refractivity contribution in [3.05, 3.63) is 0 Å². The molecule has 1 aliphatic carbocycles. The molecule has 0 aromatic rings. The SMILES string of the molecule is O=C1CC(SCC2CNC2)C(=O)N1C1CC1. The molecular weight excluding hydrogens is 224 g/mol. The Morgan fingerprint density at radius 3 is 2.62 bits per heavy atom.